The van der Waals surface area contributed by atoms with Crippen LogP contribution in [-0.2, 0) is 14.4 Å². The Kier molecular flexibility index (Phi) is 7.32. The maximum absolute atomic E-state index is 12.8. The lowest BCUT2D eigenvalue weighted by Gasteiger charge is -2.13. The third-order valence-electron chi connectivity index (χ3n) is 5.32. The number of benzene rings is 2. The second kappa shape index (κ2) is 10.1. The van der Waals surface area contributed by atoms with Crippen LogP contribution in [0.2, 0.25) is 0 Å². The maximum Gasteiger partial charge on any atom is 0.315 e. The van der Waals surface area contributed by atoms with Gasteiger partial charge in [-0.25, -0.2) is 0 Å². The Morgan fingerprint density at radius 3 is 2.65 bits per heavy atom. The standard InChI is InChI=1S/C25H28N2O4/c1-4-5-14-29-27-17-21-23(25(21,2)3)24(28)31-22(16-26)18-10-9-13-20(15-18)30-19-11-7-6-8-12-19/h6-13,15,17,22-23,27H,4-5,14H2,1-3H3/t22?,23-/m0/s1. The number of carbonyl (C=O) groups is 1. The van der Waals surface area contributed by atoms with Crippen molar-refractivity contribution in [1.82, 2.24) is 5.48 Å². The van der Waals surface area contributed by atoms with Crippen molar-refractivity contribution in [3.8, 4) is 17.6 Å². The maximum atomic E-state index is 12.8. The average molecular weight is 421 g/mol. The van der Waals surface area contributed by atoms with Crippen LogP contribution in [0.4, 0.5) is 0 Å². The number of nitriles is 1. The van der Waals surface area contributed by atoms with Crippen LogP contribution in [0.1, 0.15) is 45.3 Å². The van der Waals surface area contributed by atoms with E-state index in [1.165, 1.54) is 0 Å². The number of ether oxygens (including phenoxy) is 2. The molecular weight excluding hydrogens is 392 g/mol. The number of unbranched alkanes of at least 4 members (excludes halogenated alkanes) is 1. The van der Waals surface area contributed by atoms with E-state index in [2.05, 4.69) is 18.5 Å². The molecule has 6 nitrogen and oxygen atoms in total. The second-order valence-corrected chi connectivity index (χ2v) is 8.01. The topological polar surface area (TPSA) is 80.6 Å². The Balaban J connectivity index is 1.63. The Morgan fingerprint density at radius 1 is 1.19 bits per heavy atom. The Morgan fingerprint density at radius 2 is 1.94 bits per heavy atom. The number of hydrogen-bond acceptors (Lipinski definition) is 6. The Labute approximate surface area is 183 Å². The van der Waals surface area contributed by atoms with Crippen LogP contribution in [-0.4, -0.2) is 12.6 Å². The van der Waals surface area contributed by atoms with Gasteiger partial charge in [0.25, 0.3) is 0 Å². The van der Waals surface area contributed by atoms with E-state index in [0.29, 0.717) is 23.7 Å². The summed E-state index contributed by atoms with van der Waals surface area (Å²) in [6, 6.07) is 18.5. The Hall–Kier alpha value is -3.30. The molecule has 31 heavy (non-hydrogen) atoms. The van der Waals surface area contributed by atoms with Crippen molar-refractivity contribution in [1.29, 1.82) is 5.26 Å². The summed E-state index contributed by atoms with van der Waals surface area (Å²) in [6.07, 6.45) is 2.71. The molecule has 0 radical (unpaired) electrons. The predicted octanol–water partition coefficient (Wildman–Crippen LogP) is 5.45. The summed E-state index contributed by atoms with van der Waals surface area (Å²) in [5, 5.41) is 9.62. The van der Waals surface area contributed by atoms with Crippen molar-refractivity contribution in [3.05, 3.63) is 71.9 Å². The van der Waals surface area contributed by atoms with Gasteiger partial charge in [0.05, 0.1) is 12.5 Å². The smallest absolute Gasteiger partial charge is 0.315 e. The fourth-order valence-electron chi connectivity index (χ4n) is 3.37. The molecule has 0 amide bonds. The van der Waals surface area contributed by atoms with Crippen molar-refractivity contribution in [2.24, 2.45) is 11.3 Å². The summed E-state index contributed by atoms with van der Waals surface area (Å²) in [4.78, 5) is 18.1. The third-order valence-corrected chi connectivity index (χ3v) is 5.32. The first-order valence-electron chi connectivity index (χ1n) is 10.5. The molecule has 1 N–H and O–H groups in total. The molecule has 0 bridgehead atoms. The van der Waals surface area contributed by atoms with E-state index in [-0.39, 0.29) is 5.41 Å². The van der Waals surface area contributed by atoms with Gasteiger partial charge >= 0.3 is 5.97 Å². The van der Waals surface area contributed by atoms with Crippen molar-refractivity contribution in [2.45, 2.75) is 39.7 Å². The van der Waals surface area contributed by atoms with Gasteiger partial charge in [-0.15, -0.1) is 0 Å². The van der Waals surface area contributed by atoms with Crippen molar-refractivity contribution in [2.75, 3.05) is 6.61 Å². The second-order valence-electron chi connectivity index (χ2n) is 8.01. The van der Waals surface area contributed by atoms with E-state index in [9.17, 15) is 10.1 Å². The first kappa shape index (κ1) is 22.4. The molecule has 3 rings (SSSR count). The van der Waals surface area contributed by atoms with Gasteiger partial charge in [0.15, 0.2) is 0 Å². The summed E-state index contributed by atoms with van der Waals surface area (Å²) >= 11 is 0. The van der Waals surface area contributed by atoms with Gasteiger partial charge in [0.2, 0.25) is 6.10 Å². The molecule has 0 spiro atoms. The first-order valence-corrected chi connectivity index (χ1v) is 10.5. The van der Waals surface area contributed by atoms with Crippen LogP contribution in [0.3, 0.4) is 0 Å². The van der Waals surface area contributed by atoms with Crippen molar-refractivity contribution in [3.63, 3.8) is 0 Å². The van der Waals surface area contributed by atoms with Crippen LogP contribution in [0.5, 0.6) is 11.5 Å². The average Bonchev–Trinajstić information content (AvgIpc) is 3.33. The fourth-order valence-corrected chi connectivity index (χ4v) is 3.37. The fraction of sp³-hybridized carbons (Fsp3) is 0.360. The molecule has 0 saturated heterocycles. The minimum Gasteiger partial charge on any atom is -0.457 e. The first-order chi connectivity index (χ1) is 15.0. The number of hydroxylamine groups is 1. The molecule has 1 aliphatic rings. The molecule has 2 aromatic rings. The molecule has 0 heterocycles. The number of hydrogen-bond donors (Lipinski definition) is 1. The summed E-state index contributed by atoms with van der Waals surface area (Å²) < 4.78 is 11.4. The summed E-state index contributed by atoms with van der Waals surface area (Å²) in [5.74, 6) is 0.427. The lowest BCUT2D eigenvalue weighted by atomic mass is 10.1. The summed E-state index contributed by atoms with van der Waals surface area (Å²) in [5.41, 5.74) is 3.92. The molecule has 162 valence electrons. The van der Waals surface area contributed by atoms with Crippen LogP contribution in [0, 0.1) is 22.7 Å². The highest BCUT2D eigenvalue weighted by molar-refractivity contribution is 5.84. The van der Waals surface area contributed by atoms with E-state index in [4.69, 9.17) is 14.3 Å². The SMILES string of the molecule is CCCCONC=C1[C@@H](C(=O)OC(C#N)c2cccc(Oc3ccccc3)c2)C1(C)C. The number of esters is 1. The van der Waals surface area contributed by atoms with Crippen molar-refractivity contribution < 1.29 is 19.1 Å². The summed E-state index contributed by atoms with van der Waals surface area (Å²) in [7, 11) is 0. The zero-order chi connectivity index (χ0) is 22.3. The highest BCUT2D eigenvalue weighted by atomic mass is 16.6. The molecule has 0 aromatic heterocycles. The van der Waals surface area contributed by atoms with E-state index >= 15 is 0 Å². The zero-order valence-corrected chi connectivity index (χ0v) is 18.1. The summed E-state index contributed by atoms with van der Waals surface area (Å²) in [6.45, 7) is 6.63. The Bertz CT molecular complexity index is 963. The molecule has 0 aliphatic heterocycles. The van der Waals surface area contributed by atoms with E-state index in [1.54, 1.807) is 30.5 Å². The number of carbonyl (C=O) groups excluding carboxylic acids is 1. The minimum absolute atomic E-state index is 0.337. The van der Waals surface area contributed by atoms with E-state index in [0.717, 1.165) is 18.4 Å². The van der Waals surface area contributed by atoms with E-state index in [1.807, 2.05) is 44.2 Å². The third kappa shape index (κ3) is 5.65. The molecule has 1 saturated carbocycles. The van der Waals surface area contributed by atoms with E-state index < -0.39 is 18.0 Å². The van der Waals surface area contributed by atoms with Gasteiger partial charge in [0, 0.05) is 17.2 Å². The highest BCUT2D eigenvalue weighted by Crippen LogP contribution is 2.58. The number of nitrogens with zero attached hydrogens (tertiary/aromatic N) is 1. The van der Waals surface area contributed by atoms with Gasteiger partial charge in [0.1, 0.15) is 17.6 Å². The van der Waals surface area contributed by atoms with Gasteiger partial charge in [-0.2, -0.15) is 5.26 Å². The minimum atomic E-state index is -1.02. The molecule has 2 atom stereocenters. The largest absolute Gasteiger partial charge is 0.457 e. The normalized spacial score (nSPS) is 18.6. The quantitative estimate of drug-likeness (QED) is 0.313. The van der Waals surface area contributed by atoms with Gasteiger partial charge in [-0.1, -0.05) is 57.5 Å². The van der Waals surface area contributed by atoms with Gasteiger partial charge in [-0.3, -0.25) is 15.1 Å². The van der Waals surface area contributed by atoms with Gasteiger partial charge in [-0.05, 0) is 36.3 Å². The predicted molar refractivity (Wildman–Crippen MR) is 117 cm³/mol. The monoisotopic (exact) mass is 420 g/mol. The molecule has 1 fully saturated rings. The zero-order valence-electron chi connectivity index (χ0n) is 18.1. The number of rotatable bonds is 10. The van der Waals surface area contributed by atoms with Crippen LogP contribution in [0.15, 0.2) is 66.4 Å². The molecule has 2 aromatic carbocycles. The van der Waals surface area contributed by atoms with Crippen LogP contribution in [0.25, 0.3) is 0 Å². The lowest BCUT2D eigenvalue weighted by Crippen LogP contribution is -2.14. The highest BCUT2D eigenvalue weighted by Gasteiger charge is 2.58. The van der Waals surface area contributed by atoms with Crippen molar-refractivity contribution >= 4 is 5.97 Å². The number of nitrogens with one attached hydrogen (secondary N) is 1. The van der Waals surface area contributed by atoms with Gasteiger partial charge < -0.3 is 9.47 Å². The number of para-hydroxylation sites is 1. The molecule has 6 heteroatoms. The van der Waals surface area contributed by atoms with Crippen LogP contribution >= 0.6 is 0 Å². The molecule has 1 unspecified atom stereocenters. The van der Waals surface area contributed by atoms with Crippen LogP contribution < -0.4 is 10.2 Å². The molecular formula is C25H28N2O4. The molecule has 1 aliphatic carbocycles. The lowest BCUT2D eigenvalue weighted by molar-refractivity contribution is -0.149.